The number of nitrogens with one attached hydrogen (secondary N) is 1. The van der Waals surface area contributed by atoms with Gasteiger partial charge in [0.1, 0.15) is 0 Å². The fraction of sp³-hybridized carbons (Fsp3) is 0.176. The molecule has 0 bridgehead atoms. The molecule has 0 aliphatic rings. The third-order valence-corrected chi connectivity index (χ3v) is 3.42. The van der Waals surface area contributed by atoms with Crippen molar-refractivity contribution in [2.75, 3.05) is 11.9 Å². The Kier molecular flexibility index (Phi) is 5.26. The topological polar surface area (TPSA) is 98.5 Å². The van der Waals surface area contributed by atoms with Gasteiger partial charge >= 0.3 is 5.97 Å². The highest BCUT2D eigenvalue weighted by Crippen LogP contribution is 2.23. The van der Waals surface area contributed by atoms with Crippen molar-refractivity contribution in [1.29, 1.82) is 0 Å². The Morgan fingerprint density at radius 2 is 1.79 bits per heavy atom. The Morgan fingerprint density at radius 3 is 2.46 bits per heavy atom. The van der Waals surface area contributed by atoms with Crippen molar-refractivity contribution in [3.63, 3.8) is 0 Å². The summed E-state index contributed by atoms with van der Waals surface area (Å²) >= 11 is 0. The highest BCUT2D eigenvalue weighted by Gasteiger charge is 2.20. The summed E-state index contributed by atoms with van der Waals surface area (Å²) in [6.45, 7) is 3.40. The minimum absolute atomic E-state index is 0.138. The SMILES string of the molecule is CCOC(=O)c1ccccc1NC(=O)c1cccc([N+](=O)[O-])c1C. The molecule has 24 heavy (non-hydrogen) atoms. The lowest BCUT2D eigenvalue weighted by Gasteiger charge is -2.11. The number of para-hydroxylation sites is 1. The van der Waals surface area contributed by atoms with Gasteiger partial charge in [-0.2, -0.15) is 0 Å². The molecule has 0 spiro atoms. The van der Waals surface area contributed by atoms with Crippen LogP contribution in [0.15, 0.2) is 42.5 Å². The van der Waals surface area contributed by atoms with Crippen molar-refractivity contribution in [2.24, 2.45) is 0 Å². The van der Waals surface area contributed by atoms with Crippen LogP contribution in [-0.2, 0) is 4.74 Å². The van der Waals surface area contributed by atoms with Gasteiger partial charge in [0, 0.05) is 17.2 Å². The molecule has 0 aliphatic heterocycles. The van der Waals surface area contributed by atoms with E-state index in [9.17, 15) is 19.7 Å². The molecule has 124 valence electrons. The van der Waals surface area contributed by atoms with Crippen molar-refractivity contribution in [2.45, 2.75) is 13.8 Å². The van der Waals surface area contributed by atoms with E-state index >= 15 is 0 Å². The molecule has 0 saturated heterocycles. The van der Waals surface area contributed by atoms with Crippen LogP contribution in [0.5, 0.6) is 0 Å². The smallest absolute Gasteiger partial charge is 0.340 e. The van der Waals surface area contributed by atoms with E-state index < -0.39 is 16.8 Å². The normalized spacial score (nSPS) is 10.1. The number of benzene rings is 2. The van der Waals surface area contributed by atoms with E-state index in [1.807, 2.05) is 0 Å². The van der Waals surface area contributed by atoms with E-state index in [2.05, 4.69) is 5.32 Å². The molecule has 0 heterocycles. The fourth-order valence-corrected chi connectivity index (χ4v) is 2.24. The Balaban J connectivity index is 2.33. The predicted molar refractivity (Wildman–Crippen MR) is 88.2 cm³/mol. The van der Waals surface area contributed by atoms with Crippen LogP contribution in [0.3, 0.4) is 0 Å². The molecule has 2 aromatic carbocycles. The molecule has 7 heteroatoms. The van der Waals surface area contributed by atoms with Gasteiger partial charge in [-0.25, -0.2) is 4.79 Å². The number of hydrogen-bond donors (Lipinski definition) is 1. The Morgan fingerprint density at radius 1 is 1.12 bits per heavy atom. The standard InChI is InChI=1S/C17H16N2O5/c1-3-24-17(21)13-7-4-5-9-14(13)18-16(20)12-8-6-10-15(11(12)2)19(22)23/h4-10H,3H2,1-2H3,(H,18,20). The predicted octanol–water partition coefficient (Wildman–Crippen LogP) is 3.33. The van der Waals surface area contributed by atoms with Crippen molar-refractivity contribution >= 4 is 23.3 Å². The number of nitrogens with zero attached hydrogens (tertiary/aromatic N) is 1. The molecule has 7 nitrogen and oxygen atoms in total. The average Bonchev–Trinajstić information content (AvgIpc) is 2.55. The molecule has 1 amide bonds. The van der Waals surface area contributed by atoms with Gasteiger partial charge in [-0.3, -0.25) is 14.9 Å². The van der Waals surface area contributed by atoms with Gasteiger partial charge in [0.15, 0.2) is 0 Å². The van der Waals surface area contributed by atoms with Crippen molar-refractivity contribution in [3.05, 3.63) is 69.3 Å². The molecular formula is C17H16N2O5. The van der Waals surface area contributed by atoms with E-state index in [1.54, 1.807) is 25.1 Å². The van der Waals surface area contributed by atoms with E-state index in [0.29, 0.717) is 0 Å². The second kappa shape index (κ2) is 7.36. The van der Waals surface area contributed by atoms with Crippen LogP contribution >= 0.6 is 0 Å². The van der Waals surface area contributed by atoms with Crippen LogP contribution in [0, 0.1) is 17.0 Å². The van der Waals surface area contributed by atoms with Gasteiger partial charge in [-0.15, -0.1) is 0 Å². The van der Waals surface area contributed by atoms with E-state index in [-0.39, 0.29) is 34.7 Å². The zero-order chi connectivity index (χ0) is 17.7. The van der Waals surface area contributed by atoms with Gasteiger partial charge in [0.2, 0.25) is 0 Å². The summed E-state index contributed by atoms with van der Waals surface area (Å²) in [5.41, 5.74) is 0.792. The molecule has 0 saturated carbocycles. The maximum atomic E-state index is 12.5. The molecule has 2 aromatic rings. The summed E-state index contributed by atoms with van der Waals surface area (Å²) in [7, 11) is 0. The first-order valence-corrected chi connectivity index (χ1v) is 7.27. The quantitative estimate of drug-likeness (QED) is 0.515. The van der Waals surface area contributed by atoms with Crippen molar-refractivity contribution < 1.29 is 19.2 Å². The van der Waals surface area contributed by atoms with Crippen LogP contribution < -0.4 is 5.32 Å². The number of ether oxygens (including phenoxy) is 1. The highest BCUT2D eigenvalue weighted by molar-refractivity contribution is 6.09. The van der Waals surface area contributed by atoms with Gasteiger partial charge in [-0.05, 0) is 32.0 Å². The van der Waals surface area contributed by atoms with E-state index in [1.165, 1.54) is 31.2 Å². The van der Waals surface area contributed by atoms with Crippen LogP contribution in [0.1, 0.15) is 33.2 Å². The molecule has 0 fully saturated rings. The molecule has 2 rings (SSSR count). The summed E-state index contributed by atoms with van der Waals surface area (Å²) in [6.07, 6.45) is 0. The lowest BCUT2D eigenvalue weighted by atomic mass is 10.1. The highest BCUT2D eigenvalue weighted by atomic mass is 16.6. The molecule has 1 N–H and O–H groups in total. The molecule has 0 atom stereocenters. The Labute approximate surface area is 138 Å². The third kappa shape index (κ3) is 3.57. The number of esters is 1. The number of carbonyl (C=O) groups is 2. The Bertz CT molecular complexity index is 801. The molecule has 0 radical (unpaired) electrons. The van der Waals surface area contributed by atoms with Crippen molar-refractivity contribution in [1.82, 2.24) is 0 Å². The zero-order valence-corrected chi connectivity index (χ0v) is 13.2. The number of anilines is 1. The maximum Gasteiger partial charge on any atom is 0.340 e. The summed E-state index contributed by atoms with van der Waals surface area (Å²) in [5, 5.41) is 13.6. The van der Waals surface area contributed by atoms with E-state index in [0.717, 1.165) is 0 Å². The number of rotatable bonds is 5. The van der Waals surface area contributed by atoms with Crippen LogP contribution in [-0.4, -0.2) is 23.4 Å². The lowest BCUT2D eigenvalue weighted by molar-refractivity contribution is -0.385. The zero-order valence-electron chi connectivity index (χ0n) is 13.2. The summed E-state index contributed by atoms with van der Waals surface area (Å²) in [6, 6.07) is 10.7. The lowest BCUT2D eigenvalue weighted by Crippen LogP contribution is -2.17. The second-order valence-electron chi connectivity index (χ2n) is 4.93. The monoisotopic (exact) mass is 328 g/mol. The minimum Gasteiger partial charge on any atom is -0.462 e. The van der Waals surface area contributed by atoms with Crippen LogP contribution in [0.2, 0.25) is 0 Å². The number of hydrogen-bond acceptors (Lipinski definition) is 5. The van der Waals surface area contributed by atoms with Crippen LogP contribution in [0.25, 0.3) is 0 Å². The first-order chi connectivity index (χ1) is 11.5. The summed E-state index contributed by atoms with van der Waals surface area (Å²) in [4.78, 5) is 34.8. The van der Waals surface area contributed by atoms with Gasteiger partial charge in [0.25, 0.3) is 11.6 Å². The minimum atomic E-state index is -0.552. The number of nitro benzene ring substituents is 1. The van der Waals surface area contributed by atoms with Gasteiger partial charge < -0.3 is 10.1 Å². The summed E-state index contributed by atoms with van der Waals surface area (Å²) in [5.74, 6) is -1.09. The largest absolute Gasteiger partial charge is 0.462 e. The fourth-order valence-electron chi connectivity index (χ4n) is 2.24. The van der Waals surface area contributed by atoms with Crippen molar-refractivity contribution in [3.8, 4) is 0 Å². The van der Waals surface area contributed by atoms with Crippen LogP contribution in [0.4, 0.5) is 11.4 Å². The molecular weight excluding hydrogens is 312 g/mol. The Hall–Kier alpha value is -3.22. The third-order valence-electron chi connectivity index (χ3n) is 3.42. The van der Waals surface area contributed by atoms with E-state index in [4.69, 9.17) is 4.74 Å². The number of nitro groups is 1. The molecule has 0 aliphatic carbocycles. The molecule has 0 unspecified atom stereocenters. The average molecular weight is 328 g/mol. The second-order valence-corrected chi connectivity index (χ2v) is 4.93. The van der Waals surface area contributed by atoms with Gasteiger partial charge in [-0.1, -0.05) is 18.2 Å². The summed E-state index contributed by atoms with van der Waals surface area (Å²) < 4.78 is 4.95. The molecule has 0 aromatic heterocycles. The first kappa shape index (κ1) is 17.1. The first-order valence-electron chi connectivity index (χ1n) is 7.27. The van der Waals surface area contributed by atoms with Gasteiger partial charge in [0.05, 0.1) is 22.8 Å². The maximum absolute atomic E-state index is 12.5. The number of amides is 1. The number of carbonyl (C=O) groups excluding carboxylic acids is 2.